The van der Waals surface area contributed by atoms with Crippen LogP contribution in [0.1, 0.15) is 31.5 Å². The molecule has 2 N–H and O–H groups in total. The third kappa shape index (κ3) is 3.56. The molecule has 0 amide bonds. The molecule has 0 bridgehead atoms. The summed E-state index contributed by atoms with van der Waals surface area (Å²) >= 11 is 7.32. The van der Waals surface area contributed by atoms with Crippen LogP contribution in [0.4, 0.5) is 5.69 Å². The Balaban J connectivity index is 2.36. The maximum Gasteiger partial charge on any atom is 0.188 e. The van der Waals surface area contributed by atoms with Crippen LogP contribution in [0.2, 0.25) is 5.02 Å². The number of anilines is 1. The standard InChI is InChI=1S/C14H17ClN2O2S2/c1-14(2,3)11-7-20-12(17-11)8-21(18,19)13-9(15)5-4-6-10(13)16/h4-7H,8,16H2,1-3H3. The molecular weight excluding hydrogens is 328 g/mol. The number of hydrogen-bond acceptors (Lipinski definition) is 5. The lowest BCUT2D eigenvalue weighted by atomic mass is 9.93. The van der Waals surface area contributed by atoms with Gasteiger partial charge in [-0.15, -0.1) is 11.3 Å². The Hall–Kier alpha value is -1.11. The number of thiazole rings is 1. The highest BCUT2D eigenvalue weighted by Crippen LogP contribution is 2.31. The highest BCUT2D eigenvalue weighted by atomic mass is 35.5. The summed E-state index contributed by atoms with van der Waals surface area (Å²) in [4.78, 5) is 4.39. The third-order valence-electron chi connectivity index (χ3n) is 2.94. The minimum Gasteiger partial charge on any atom is -0.398 e. The fourth-order valence-corrected chi connectivity index (χ4v) is 5.21. The molecule has 0 fully saturated rings. The molecule has 1 heterocycles. The monoisotopic (exact) mass is 344 g/mol. The Labute approximate surface area is 133 Å². The van der Waals surface area contributed by atoms with Gasteiger partial charge in [0.05, 0.1) is 16.4 Å². The summed E-state index contributed by atoms with van der Waals surface area (Å²) in [5.74, 6) is -0.193. The van der Waals surface area contributed by atoms with Crippen LogP contribution in [0.25, 0.3) is 0 Å². The van der Waals surface area contributed by atoms with Crippen molar-refractivity contribution >= 4 is 38.5 Å². The van der Waals surface area contributed by atoms with Gasteiger partial charge in [0.1, 0.15) is 15.7 Å². The fourth-order valence-electron chi connectivity index (χ4n) is 1.81. The van der Waals surface area contributed by atoms with Crippen molar-refractivity contribution in [3.8, 4) is 0 Å². The van der Waals surface area contributed by atoms with Crippen LogP contribution < -0.4 is 5.73 Å². The molecule has 114 valence electrons. The fraction of sp³-hybridized carbons (Fsp3) is 0.357. The highest BCUT2D eigenvalue weighted by Gasteiger charge is 2.25. The molecule has 0 saturated heterocycles. The maximum atomic E-state index is 12.5. The van der Waals surface area contributed by atoms with Gasteiger partial charge in [0.2, 0.25) is 0 Å². The van der Waals surface area contributed by atoms with E-state index >= 15 is 0 Å². The third-order valence-corrected chi connectivity index (χ3v) is 6.13. The lowest BCUT2D eigenvalue weighted by Gasteiger charge is -2.14. The molecule has 0 unspecified atom stereocenters. The smallest absolute Gasteiger partial charge is 0.188 e. The zero-order valence-corrected chi connectivity index (χ0v) is 14.4. The van der Waals surface area contributed by atoms with Crippen molar-refractivity contribution in [2.45, 2.75) is 36.8 Å². The van der Waals surface area contributed by atoms with Crippen molar-refractivity contribution in [3.63, 3.8) is 0 Å². The van der Waals surface area contributed by atoms with Crippen LogP contribution in [0.3, 0.4) is 0 Å². The van der Waals surface area contributed by atoms with Crippen LogP contribution in [0.5, 0.6) is 0 Å². The number of nitrogen functional groups attached to an aromatic ring is 1. The summed E-state index contributed by atoms with van der Waals surface area (Å²) in [6, 6.07) is 4.67. The first-order valence-corrected chi connectivity index (χ1v) is 9.24. The van der Waals surface area contributed by atoms with E-state index in [0.717, 1.165) is 5.69 Å². The SMILES string of the molecule is CC(C)(C)c1csc(CS(=O)(=O)c2c(N)cccc2Cl)n1. The van der Waals surface area contributed by atoms with E-state index < -0.39 is 9.84 Å². The number of nitrogens with zero attached hydrogens (tertiary/aromatic N) is 1. The summed E-state index contributed by atoms with van der Waals surface area (Å²) in [5, 5.41) is 2.57. The van der Waals surface area contributed by atoms with E-state index in [1.807, 2.05) is 26.2 Å². The van der Waals surface area contributed by atoms with Gasteiger partial charge in [0.15, 0.2) is 9.84 Å². The second-order valence-electron chi connectivity index (χ2n) is 5.79. The van der Waals surface area contributed by atoms with E-state index in [1.165, 1.54) is 23.5 Å². The topological polar surface area (TPSA) is 73.0 Å². The predicted octanol–water partition coefficient (Wildman–Crippen LogP) is 3.65. The highest BCUT2D eigenvalue weighted by molar-refractivity contribution is 7.91. The largest absolute Gasteiger partial charge is 0.398 e. The maximum absolute atomic E-state index is 12.5. The predicted molar refractivity (Wildman–Crippen MR) is 87.6 cm³/mol. The van der Waals surface area contributed by atoms with Gasteiger partial charge in [-0.3, -0.25) is 0 Å². The minimum absolute atomic E-state index is 0.0147. The van der Waals surface area contributed by atoms with E-state index in [0.29, 0.717) is 5.01 Å². The number of aromatic nitrogens is 1. The number of hydrogen-bond donors (Lipinski definition) is 1. The van der Waals surface area contributed by atoms with E-state index in [4.69, 9.17) is 17.3 Å². The number of nitrogens with two attached hydrogens (primary N) is 1. The van der Waals surface area contributed by atoms with Gasteiger partial charge in [-0.2, -0.15) is 0 Å². The molecule has 2 rings (SSSR count). The zero-order chi connectivity index (χ0) is 15.8. The summed E-state index contributed by atoms with van der Waals surface area (Å²) in [7, 11) is -3.62. The van der Waals surface area contributed by atoms with E-state index in [1.54, 1.807) is 6.07 Å². The van der Waals surface area contributed by atoms with Gasteiger partial charge in [-0.05, 0) is 12.1 Å². The normalized spacial score (nSPS) is 12.6. The minimum atomic E-state index is -3.62. The molecule has 0 atom stereocenters. The van der Waals surface area contributed by atoms with Crippen molar-refractivity contribution < 1.29 is 8.42 Å². The number of halogens is 1. The summed E-state index contributed by atoms with van der Waals surface area (Å²) in [5.41, 5.74) is 6.69. The van der Waals surface area contributed by atoms with E-state index in [2.05, 4.69) is 4.98 Å². The summed E-state index contributed by atoms with van der Waals surface area (Å²) in [6.07, 6.45) is 0. The van der Waals surface area contributed by atoms with Gasteiger partial charge in [0.25, 0.3) is 0 Å². The molecule has 1 aromatic heterocycles. The van der Waals surface area contributed by atoms with Crippen LogP contribution in [0, 0.1) is 0 Å². The molecule has 0 spiro atoms. The lowest BCUT2D eigenvalue weighted by molar-refractivity contribution is 0.570. The quantitative estimate of drug-likeness (QED) is 0.862. The van der Waals surface area contributed by atoms with Crippen molar-refractivity contribution in [3.05, 3.63) is 39.3 Å². The second kappa shape index (κ2) is 5.59. The Morgan fingerprint density at radius 2 is 2.00 bits per heavy atom. The lowest BCUT2D eigenvalue weighted by Crippen LogP contribution is -2.12. The average Bonchev–Trinajstić information content (AvgIpc) is 2.75. The zero-order valence-electron chi connectivity index (χ0n) is 12.1. The first-order valence-electron chi connectivity index (χ1n) is 6.33. The van der Waals surface area contributed by atoms with Crippen molar-refractivity contribution in [2.75, 3.05) is 5.73 Å². The van der Waals surface area contributed by atoms with Crippen molar-refractivity contribution in [1.29, 1.82) is 0 Å². The molecule has 4 nitrogen and oxygen atoms in total. The number of sulfone groups is 1. The molecule has 0 saturated carbocycles. The van der Waals surface area contributed by atoms with Gasteiger partial charge in [0, 0.05) is 10.8 Å². The van der Waals surface area contributed by atoms with Gasteiger partial charge < -0.3 is 5.73 Å². The van der Waals surface area contributed by atoms with Crippen LogP contribution >= 0.6 is 22.9 Å². The van der Waals surface area contributed by atoms with Crippen LogP contribution in [-0.2, 0) is 21.0 Å². The van der Waals surface area contributed by atoms with Crippen molar-refractivity contribution in [1.82, 2.24) is 4.98 Å². The molecular formula is C14H17ClN2O2S2. The van der Waals surface area contributed by atoms with Gasteiger partial charge in [-0.1, -0.05) is 38.4 Å². The Morgan fingerprint density at radius 3 is 2.52 bits per heavy atom. The molecule has 1 aromatic carbocycles. The molecule has 0 aliphatic heterocycles. The van der Waals surface area contributed by atoms with Gasteiger partial charge >= 0.3 is 0 Å². The Bertz CT molecular complexity index is 741. The van der Waals surface area contributed by atoms with Gasteiger partial charge in [-0.25, -0.2) is 13.4 Å². The molecule has 2 aromatic rings. The summed E-state index contributed by atoms with van der Waals surface area (Å²) in [6.45, 7) is 6.10. The van der Waals surface area contributed by atoms with Crippen molar-refractivity contribution in [2.24, 2.45) is 0 Å². The van der Waals surface area contributed by atoms with Crippen LogP contribution in [0.15, 0.2) is 28.5 Å². The Kier molecular flexibility index (Phi) is 4.33. The summed E-state index contributed by atoms with van der Waals surface area (Å²) < 4.78 is 25.0. The number of rotatable bonds is 3. The second-order valence-corrected chi connectivity index (χ2v) is 9.07. The van der Waals surface area contributed by atoms with E-state index in [9.17, 15) is 8.42 Å². The van der Waals surface area contributed by atoms with Crippen LogP contribution in [-0.4, -0.2) is 13.4 Å². The molecule has 0 radical (unpaired) electrons. The first-order chi connectivity index (χ1) is 9.61. The number of benzene rings is 1. The molecule has 21 heavy (non-hydrogen) atoms. The Morgan fingerprint density at radius 1 is 1.33 bits per heavy atom. The molecule has 0 aliphatic rings. The molecule has 0 aliphatic carbocycles. The molecule has 7 heteroatoms. The average molecular weight is 345 g/mol. The van der Waals surface area contributed by atoms with E-state index in [-0.39, 0.29) is 26.8 Å². The first kappa shape index (κ1) is 16.3.